The minimum Gasteiger partial charge on any atom is -0.466 e. The summed E-state index contributed by atoms with van der Waals surface area (Å²) in [5.74, 6) is -1.49. The van der Waals surface area contributed by atoms with Gasteiger partial charge < -0.3 is 20.1 Å². The molecule has 34 heavy (non-hydrogen) atoms. The first-order valence-electron chi connectivity index (χ1n) is 10.3. The summed E-state index contributed by atoms with van der Waals surface area (Å²) in [7, 11) is 2.57. The lowest BCUT2D eigenvalue weighted by molar-refractivity contribution is -0.137. The average molecular weight is 502 g/mol. The summed E-state index contributed by atoms with van der Waals surface area (Å²) < 4.78 is 10.1. The van der Waals surface area contributed by atoms with Gasteiger partial charge in [0.2, 0.25) is 0 Å². The van der Waals surface area contributed by atoms with Crippen LogP contribution in [-0.2, 0) is 19.1 Å². The summed E-state index contributed by atoms with van der Waals surface area (Å²) in [6.45, 7) is 1.74. The molecule has 0 radical (unpaired) electrons. The van der Waals surface area contributed by atoms with Gasteiger partial charge in [-0.2, -0.15) is 0 Å². The number of ether oxygens (including phenoxy) is 2. The molecule has 1 aliphatic rings. The van der Waals surface area contributed by atoms with Crippen molar-refractivity contribution in [2.24, 2.45) is 0 Å². The number of nitrogens with one attached hydrogen (secondary N) is 2. The molecule has 1 amide bonds. The first-order chi connectivity index (χ1) is 16.4. The Balaban J connectivity index is 1.89. The molecular formula is C24H24ClN3O5S. The van der Waals surface area contributed by atoms with E-state index < -0.39 is 17.9 Å². The summed E-state index contributed by atoms with van der Waals surface area (Å²) in [5.41, 5.74) is 2.81. The van der Waals surface area contributed by atoms with Crippen LogP contribution in [0.15, 0.2) is 71.3 Å². The molecule has 1 aromatic heterocycles. The zero-order chi connectivity index (χ0) is 24.7. The Morgan fingerprint density at radius 2 is 1.85 bits per heavy atom. The number of nitrogens with zero attached hydrogens (tertiary/aromatic N) is 1. The summed E-state index contributed by atoms with van der Waals surface area (Å²) in [6.07, 6.45) is 3.08. The maximum atomic E-state index is 12.9. The number of carbonyl (C=O) groups excluding carboxylic acids is 3. The lowest BCUT2D eigenvalue weighted by Crippen LogP contribution is -2.34. The second-order valence-corrected chi connectivity index (χ2v) is 8.69. The summed E-state index contributed by atoms with van der Waals surface area (Å²) in [5, 5.41) is 6.44. The second kappa shape index (κ2) is 11.7. The molecule has 0 saturated heterocycles. The lowest BCUT2D eigenvalue weighted by Gasteiger charge is -2.31. The van der Waals surface area contributed by atoms with Gasteiger partial charge in [-0.25, -0.2) is 9.59 Å². The third-order valence-electron chi connectivity index (χ3n) is 5.14. The molecule has 178 valence electrons. The zero-order valence-electron chi connectivity index (χ0n) is 18.9. The van der Waals surface area contributed by atoms with Crippen LogP contribution in [0, 0.1) is 0 Å². The fourth-order valence-electron chi connectivity index (χ4n) is 3.63. The van der Waals surface area contributed by atoms with E-state index in [2.05, 4.69) is 15.6 Å². The highest BCUT2D eigenvalue weighted by molar-refractivity contribution is 7.99. The number of allylic oxidation sites excluding steroid dienone is 1. The van der Waals surface area contributed by atoms with Gasteiger partial charge in [0.25, 0.3) is 5.91 Å². The van der Waals surface area contributed by atoms with Crippen molar-refractivity contribution < 1.29 is 23.9 Å². The van der Waals surface area contributed by atoms with Gasteiger partial charge in [-0.05, 0) is 36.8 Å². The van der Waals surface area contributed by atoms with Crippen molar-refractivity contribution >= 4 is 41.2 Å². The predicted octanol–water partition coefficient (Wildman–Crippen LogP) is 3.42. The van der Waals surface area contributed by atoms with Crippen LogP contribution >= 0.6 is 23.4 Å². The van der Waals surface area contributed by atoms with Gasteiger partial charge in [0, 0.05) is 34.6 Å². The number of dihydropyridines is 1. The summed E-state index contributed by atoms with van der Waals surface area (Å²) in [6, 6.07) is 10.3. The van der Waals surface area contributed by atoms with Gasteiger partial charge in [-0.15, -0.1) is 11.8 Å². The van der Waals surface area contributed by atoms with E-state index >= 15 is 0 Å². The molecule has 2 heterocycles. The maximum Gasteiger partial charge on any atom is 0.336 e. The van der Waals surface area contributed by atoms with Crippen molar-refractivity contribution in [3.8, 4) is 0 Å². The largest absolute Gasteiger partial charge is 0.466 e. The Labute approximate surface area is 206 Å². The molecule has 0 bridgehead atoms. The van der Waals surface area contributed by atoms with Crippen molar-refractivity contribution in [2.45, 2.75) is 12.8 Å². The van der Waals surface area contributed by atoms with Gasteiger partial charge in [-0.3, -0.25) is 9.78 Å². The predicted molar refractivity (Wildman–Crippen MR) is 130 cm³/mol. The molecule has 10 heteroatoms. The molecule has 2 aromatic rings. The fraction of sp³-hybridized carbons (Fsp3) is 0.250. The molecule has 0 aliphatic carbocycles. The highest BCUT2D eigenvalue weighted by atomic mass is 35.5. The van der Waals surface area contributed by atoms with Crippen molar-refractivity contribution in [3.63, 3.8) is 0 Å². The number of hydrogen-bond acceptors (Lipinski definition) is 8. The van der Waals surface area contributed by atoms with Crippen LogP contribution < -0.4 is 10.6 Å². The Morgan fingerprint density at radius 1 is 1.12 bits per heavy atom. The number of carbonyl (C=O) groups is 3. The van der Waals surface area contributed by atoms with E-state index in [9.17, 15) is 14.4 Å². The summed E-state index contributed by atoms with van der Waals surface area (Å²) >= 11 is 7.60. The van der Waals surface area contributed by atoms with Crippen LogP contribution in [-0.4, -0.2) is 48.7 Å². The maximum absolute atomic E-state index is 12.9. The number of amides is 1. The molecule has 0 saturated carbocycles. The number of rotatable bonds is 8. The third-order valence-corrected chi connectivity index (χ3v) is 6.22. The second-order valence-electron chi connectivity index (χ2n) is 7.27. The highest BCUT2D eigenvalue weighted by Crippen LogP contribution is 2.40. The number of benzene rings is 1. The number of methoxy groups -OCH3 is 2. The van der Waals surface area contributed by atoms with E-state index in [0.29, 0.717) is 44.7 Å². The molecular weight excluding hydrogens is 478 g/mol. The fourth-order valence-corrected chi connectivity index (χ4v) is 4.60. The molecule has 1 aliphatic heterocycles. The topological polar surface area (TPSA) is 107 Å². The number of hydrogen-bond donors (Lipinski definition) is 2. The minimum absolute atomic E-state index is 0.250. The Morgan fingerprint density at radius 3 is 2.50 bits per heavy atom. The van der Waals surface area contributed by atoms with E-state index in [1.807, 2.05) is 0 Å². The number of esters is 2. The summed E-state index contributed by atoms with van der Waals surface area (Å²) in [4.78, 5) is 41.8. The molecule has 1 aromatic carbocycles. The molecule has 2 N–H and O–H groups in total. The number of aromatic nitrogens is 1. The highest BCUT2D eigenvalue weighted by Gasteiger charge is 2.38. The van der Waals surface area contributed by atoms with Crippen LogP contribution in [0.1, 0.15) is 28.8 Å². The smallest absolute Gasteiger partial charge is 0.336 e. The molecule has 1 unspecified atom stereocenters. The lowest BCUT2D eigenvalue weighted by atomic mass is 9.80. The van der Waals surface area contributed by atoms with Gasteiger partial charge in [0.1, 0.15) is 0 Å². The van der Waals surface area contributed by atoms with Gasteiger partial charge >= 0.3 is 11.9 Å². The normalized spacial score (nSPS) is 15.5. The third kappa shape index (κ3) is 5.78. The number of thioether (sulfide) groups is 1. The van der Waals surface area contributed by atoms with Gasteiger partial charge in [0.05, 0.1) is 42.7 Å². The first-order valence-corrected chi connectivity index (χ1v) is 11.8. The SMILES string of the molecule is COC(=O)C1=C(C)NC(CSCNC(=O)c2cccnc2)=C(C(=O)OC)C1c1cccc(Cl)c1. The van der Waals surface area contributed by atoms with Crippen LogP contribution in [0.3, 0.4) is 0 Å². The van der Waals surface area contributed by atoms with Crippen molar-refractivity contribution in [1.82, 2.24) is 15.6 Å². The Kier molecular flexibility index (Phi) is 8.72. The van der Waals surface area contributed by atoms with Crippen molar-refractivity contribution in [3.05, 3.63) is 87.5 Å². The van der Waals surface area contributed by atoms with Crippen LogP contribution in [0.25, 0.3) is 0 Å². The van der Waals surface area contributed by atoms with Gasteiger partial charge in [-0.1, -0.05) is 23.7 Å². The molecule has 0 spiro atoms. The van der Waals surface area contributed by atoms with Crippen molar-refractivity contribution in [2.75, 3.05) is 25.8 Å². The van der Waals surface area contributed by atoms with E-state index in [1.54, 1.807) is 49.5 Å². The molecule has 8 nitrogen and oxygen atoms in total. The molecule has 0 fully saturated rings. The van der Waals surface area contributed by atoms with E-state index in [-0.39, 0.29) is 11.5 Å². The van der Waals surface area contributed by atoms with E-state index in [1.165, 1.54) is 32.2 Å². The Hall–Kier alpha value is -3.30. The van der Waals surface area contributed by atoms with Crippen LogP contribution in [0.2, 0.25) is 5.02 Å². The average Bonchev–Trinajstić information content (AvgIpc) is 2.85. The van der Waals surface area contributed by atoms with E-state index in [0.717, 1.165) is 0 Å². The molecule has 1 atom stereocenters. The minimum atomic E-state index is -0.736. The van der Waals surface area contributed by atoms with Crippen LogP contribution in [0.4, 0.5) is 0 Å². The van der Waals surface area contributed by atoms with E-state index in [4.69, 9.17) is 21.1 Å². The number of halogens is 1. The van der Waals surface area contributed by atoms with Crippen molar-refractivity contribution in [1.29, 1.82) is 0 Å². The number of pyridine rings is 1. The van der Waals surface area contributed by atoms with Crippen LogP contribution in [0.5, 0.6) is 0 Å². The quantitative estimate of drug-likeness (QED) is 0.322. The standard InChI is InChI=1S/C24H24ClN3O5S/c1-14-19(23(30)32-2)20(15-6-4-8-17(25)10-15)21(24(31)33-3)18(28-14)12-34-13-27-22(29)16-7-5-9-26-11-16/h4-11,20,28H,12-13H2,1-3H3,(H,27,29). The first kappa shape index (κ1) is 25.3. The Bertz CT molecular complexity index is 1150. The molecule has 3 rings (SSSR count). The monoisotopic (exact) mass is 501 g/mol. The zero-order valence-corrected chi connectivity index (χ0v) is 20.5. The van der Waals surface area contributed by atoms with Gasteiger partial charge in [0.15, 0.2) is 0 Å².